The zero-order valence-electron chi connectivity index (χ0n) is 19.4. The van der Waals surface area contributed by atoms with Gasteiger partial charge < -0.3 is 4.90 Å². The summed E-state index contributed by atoms with van der Waals surface area (Å²) in [7, 11) is 2.11. The Hall–Kier alpha value is -2.99. The third kappa shape index (κ3) is 3.73. The van der Waals surface area contributed by atoms with Crippen molar-refractivity contribution in [1.29, 1.82) is 0 Å². The molecule has 2 aromatic carbocycles. The maximum atomic E-state index is 13.3. The Morgan fingerprint density at radius 3 is 2.50 bits per heavy atom. The van der Waals surface area contributed by atoms with Crippen LogP contribution in [0, 0.1) is 13.8 Å². The van der Waals surface area contributed by atoms with E-state index in [1.807, 2.05) is 38.1 Å². The maximum Gasteiger partial charge on any atom is 0.270 e. The number of hydrogen-bond donors (Lipinski definition) is 1. The molecule has 0 radical (unpaired) electrons. The smallest absolute Gasteiger partial charge is 0.270 e. The minimum atomic E-state index is -0.468. The molecular formula is C26H29N3O2S. The standard InChI is InChI=1S/C26H29N3O2S/c1-15-7-9-19(11-16(15)2)29-24(31)21(23(30)27-25(29)32)13-18-8-10-22-20(12-18)17(3)14-26(4,5)28(22)6/h7-13,17H,14H2,1-6H3,(H,27,30,32)/b21-13+/t17-/m1/s1. The van der Waals surface area contributed by atoms with Crippen molar-refractivity contribution in [2.75, 3.05) is 16.8 Å². The van der Waals surface area contributed by atoms with E-state index in [0.717, 1.165) is 23.1 Å². The van der Waals surface area contributed by atoms with Gasteiger partial charge in [-0.15, -0.1) is 0 Å². The molecule has 0 spiro atoms. The van der Waals surface area contributed by atoms with Gasteiger partial charge in [0.25, 0.3) is 11.8 Å². The average molecular weight is 448 g/mol. The first-order valence-electron chi connectivity index (χ1n) is 10.9. The molecule has 6 heteroatoms. The molecule has 0 bridgehead atoms. The predicted molar refractivity (Wildman–Crippen MR) is 134 cm³/mol. The van der Waals surface area contributed by atoms with Crippen molar-refractivity contribution >= 4 is 46.6 Å². The number of anilines is 2. The van der Waals surface area contributed by atoms with E-state index in [1.54, 1.807) is 6.08 Å². The lowest BCUT2D eigenvalue weighted by atomic mass is 9.80. The number of nitrogens with zero attached hydrogens (tertiary/aromatic N) is 2. The lowest BCUT2D eigenvalue weighted by Crippen LogP contribution is -2.54. The lowest BCUT2D eigenvalue weighted by molar-refractivity contribution is -0.122. The molecular weight excluding hydrogens is 418 g/mol. The first-order valence-corrected chi connectivity index (χ1v) is 11.3. The van der Waals surface area contributed by atoms with Crippen molar-refractivity contribution in [3.8, 4) is 0 Å². The van der Waals surface area contributed by atoms with E-state index < -0.39 is 11.8 Å². The summed E-state index contributed by atoms with van der Waals surface area (Å²) in [6.07, 6.45) is 2.70. The molecule has 1 saturated heterocycles. The summed E-state index contributed by atoms with van der Waals surface area (Å²) < 4.78 is 0. The SMILES string of the molecule is Cc1ccc(N2C(=O)/C(=C/c3ccc4c(c3)[C@H](C)CC(C)(C)N4C)C(=O)NC2=S)cc1C. The van der Waals surface area contributed by atoms with E-state index in [2.05, 4.69) is 50.2 Å². The molecule has 2 aliphatic rings. The fraction of sp³-hybridized carbons (Fsp3) is 0.346. The first kappa shape index (κ1) is 22.2. The number of hydrogen-bond acceptors (Lipinski definition) is 4. The Bertz CT molecular complexity index is 1180. The highest BCUT2D eigenvalue weighted by molar-refractivity contribution is 7.80. The monoisotopic (exact) mass is 447 g/mol. The van der Waals surface area contributed by atoms with Crippen LogP contribution in [0.4, 0.5) is 11.4 Å². The molecule has 4 rings (SSSR count). The molecule has 0 aliphatic carbocycles. The van der Waals surface area contributed by atoms with Crippen LogP contribution >= 0.6 is 12.2 Å². The maximum absolute atomic E-state index is 13.3. The van der Waals surface area contributed by atoms with Crippen molar-refractivity contribution in [1.82, 2.24) is 5.32 Å². The van der Waals surface area contributed by atoms with Crippen LogP contribution in [0.3, 0.4) is 0 Å². The van der Waals surface area contributed by atoms with Gasteiger partial charge >= 0.3 is 0 Å². The Morgan fingerprint density at radius 2 is 1.81 bits per heavy atom. The molecule has 5 nitrogen and oxygen atoms in total. The second-order valence-corrected chi connectivity index (χ2v) is 9.91. The van der Waals surface area contributed by atoms with Crippen LogP contribution in [0.1, 0.15) is 55.4 Å². The van der Waals surface area contributed by atoms with E-state index in [4.69, 9.17) is 12.2 Å². The van der Waals surface area contributed by atoms with Gasteiger partial charge in [-0.05, 0) is 105 Å². The highest BCUT2D eigenvalue weighted by Crippen LogP contribution is 2.42. The van der Waals surface area contributed by atoms with Crippen LogP contribution in [0.5, 0.6) is 0 Å². The Labute approximate surface area is 195 Å². The number of thiocarbonyl (C=S) groups is 1. The van der Waals surface area contributed by atoms with Crippen LogP contribution in [0.15, 0.2) is 42.0 Å². The lowest BCUT2D eigenvalue weighted by Gasteiger charge is -2.45. The van der Waals surface area contributed by atoms with Crippen molar-refractivity contribution in [2.24, 2.45) is 0 Å². The zero-order chi connectivity index (χ0) is 23.4. The topological polar surface area (TPSA) is 52.7 Å². The normalized spacial score (nSPS) is 21.6. The van der Waals surface area contributed by atoms with Gasteiger partial charge in [0.15, 0.2) is 5.11 Å². The van der Waals surface area contributed by atoms with E-state index in [1.165, 1.54) is 16.2 Å². The van der Waals surface area contributed by atoms with Gasteiger partial charge in [0.2, 0.25) is 0 Å². The molecule has 1 N–H and O–H groups in total. The third-order valence-electron chi connectivity index (χ3n) is 6.82. The summed E-state index contributed by atoms with van der Waals surface area (Å²) in [6.45, 7) is 10.7. The minimum absolute atomic E-state index is 0.0774. The number of carbonyl (C=O) groups excluding carboxylic acids is 2. The summed E-state index contributed by atoms with van der Waals surface area (Å²) in [6, 6.07) is 11.8. The largest absolute Gasteiger partial charge is 0.369 e. The molecule has 2 heterocycles. The van der Waals surface area contributed by atoms with E-state index >= 15 is 0 Å². The average Bonchev–Trinajstić information content (AvgIpc) is 2.71. The molecule has 1 atom stereocenters. The second-order valence-electron chi connectivity index (χ2n) is 9.52. The van der Waals surface area contributed by atoms with Gasteiger partial charge in [-0.3, -0.25) is 19.8 Å². The summed E-state index contributed by atoms with van der Waals surface area (Å²) in [5.41, 5.74) is 6.23. The quantitative estimate of drug-likeness (QED) is 0.406. The highest BCUT2D eigenvalue weighted by atomic mass is 32.1. The number of nitrogens with one attached hydrogen (secondary N) is 1. The third-order valence-corrected chi connectivity index (χ3v) is 7.10. The van der Waals surface area contributed by atoms with Crippen molar-refractivity contribution in [2.45, 2.75) is 52.5 Å². The molecule has 2 aliphatic heterocycles. The molecule has 166 valence electrons. The van der Waals surface area contributed by atoms with Gasteiger partial charge in [0.05, 0.1) is 5.69 Å². The molecule has 2 aromatic rings. The molecule has 0 saturated carbocycles. The summed E-state index contributed by atoms with van der Waals surface area (Å²) >= 11 is 5.33. The van der Waals surface area contributed by atoms with Crippen LogP contribution in [-0.4, -0.2) is 29.5 Å². The predicted octanol–water partition coefficient (Wildman–Crippen LogP) is 4.86. The second kappa shape index (κ2) is 7.85. The molecule has 32 heavy (non-hydrogen) atoms. The van der Waals surface area contributed by atoms with Gasteiger partial charge in [0, 0.05) is 18.3 Å². The van der Waals surface area contributed by atoms with E-state index in [0.29, 0.717) is 11.6 Å². The van der Waals surface area contributed by atoms with Gasteiger partial charge in [-0.1, -0.05) is 19.1 Å². The number of carbonyl (C=O) groups is 2. The van der Waals surface area contributed by atoms with Crippen LogP contribution in [-0.2, 0) is 9.59 Å². The number of aryl methyl sites for hydroxylation is 2. The van der Waals surface area contributed by atoms with E-state index in [9.17, 15) is 9.59 Å². The summed E-state index contributed by atoms with van der Waals surface area (Å²) in [5, 5.41) is 2.77. The summed E-state index contributed by atoms with van der Waals surface area (Å²) in [4.78, 5) is 29.7. The fourth-order valence-corrected chi connectivity index (χ4v) is 4.89. The van der Waals surface area contributed by atoms with Crippen molar-refractivity contribution in [3.63, 3.8) is 0 Å². The fourth-order valence-electron chi connectivity index (χ4n) is 4.61. The van der Waals surface area contributed by atoms with E-state index in [-0.39, 0.29) is 16.2 Å². The Kier molecular flexibility index (Phi) is 5.45. The molecule has 0 aromatic heterocycles. The highest BCUT2D eigenvalue weighted by Gasteiger charge is 2.36. The Balaban J connectivity index is 1.73. The minimum Gasteiger partial charge on any atom is -0.369 e. The number of rotatable bonds is 2. The molecule has 1 fully saturated rings. The van der Waals surface area contributed by atoms with Crippen LogP contribution < -0.4 is 15.1 Å². The van der Waals surface area contributed by atoms with Gasteiger partial charge in [-0.25, -0.2) is 0 Å². The number of amides is 2. The zero-order valence-corrected chi connectivity index (χ0v) is 20.3. The summed E-state index contributed by atoms with van der Waals surface area (Å²) in [5.74, 6) is -0.500. The van der Waals surface area contributed by atoms with Crippen LogP contribution in [0.2, 0.25) is 0 Å². The van der Waals surface area contributed by atoms with Crippen molar-refractivity contribution < 1.29 is 9.59 Å². The number of fused-ring (bicyclic) bond motifs is 1. The molecule has 2 amide bonds. The Morgan fingerprint density at radius 1 is 1.09 bits per heavy atom. The first-order chi connectivity index (χ1) is 15.0. The van der Waals surface area contributed by atoms with Crippen LogP contribution in [0.25, 0.3) is 6.08 Å². The molecule has 0 unspecified atom stereocenters. The van der Waals surface area contributed by atoms with Gasteiger partial charge in [-0.2, -0.15) is 0 Å². The van der Waals surface area contributed by atoms with Crippen molar-refractivity contribution in [3.05, 3.63) is 64.2 Å². The number of benzene rings is 2. The van der Waals surface area contributed by atoms with Gasteiger partial charge in [0.1, 0.15) is 5.57 Å².